The summed E-state index contributed by atoms with van der Waals surface area (Å²) < 4.78 is 28.8. The van der Waals surface area contributed by atoms with Crippen LogP contribution in [0.4, 0.5) is 10.5 Å². The first-order valence-corrected chi connectivity index (χ1v) is 18.9. The lowest BCUT2D eigenvalue weighted by atomic mass is 9.97. The van der Waals surface area contributed by atoms with E-state index in [1.54, 1.807) is 13.8 Å². The second-order valence-electron chi connectivity index (χ2n) is 12.9. The van der Waals surface area contributed by atoms with E-state index in [4.69, 9.17) is 17.3 Å². The number of nitrogens with two attached hydrogens (primary N) is 1. The fourth-order valence-electron chi connectivity index (χ4n) is 5.75. The van der Waals surface area contributed by atoms with Crippen LogP contribution < -0.4 is 11.1 Å². The fourth-order valence-corrected chi connectivity index (χ4v) is 8.26. The minimum Gasteiger partial charge on any atom is -0.397 e. The van der Waals surface area contributed by atoms with Crippen LogP contribution in [0.25, 0.3) is 0 Å². The van der Waals surface area contributed by atoms with Gasteiger partial charge in [0.15, 0.2) is 0 Å². The summed E-state index contributed by atoms with van der Waals surface area (Å²) in [7, 11) is -4.13. The highest BCUT2D eigenvalue weighted by molar-refractivity contribution is 7.89. The maximum absolute atomic E-state index is 14.1. The number of thiazole rings is 1. The predicted molar refractivity (Wildman–Crippen MR) is 190 cm³/mol. The largest absolute Gasteiger partial charge is 0.397 e. The number of sulfonamides is 1. The first-order chi connectivity index (χ1) is 23.1. The van der Waals surface area contributed by atoms with Gasteiger partial charge in [-0.05, 0) is 48.4 Å². The molecule has 1 fully saturated rings. The SMILES string of the molecule is CCc1nc(CN2C(=O)CN([C@H](C(=O)N[C@@H](Cc3ccccc3)[C@H](O)CN(CC(C)C)S(=O)(=O)c3ccc(Cl)c(N)c3)C(C)C)C2=O)cs1. The van der Waals surface area contributed by atoms with Crippen LogP contribution in [0, 0.1) is 11.8 Å². The number of rotatable bonds is 16. The van der Waals surface area contributed by atoms with Crippen LogP contribution in [0.2, 0.25) is 5.02 Å². The summed E-state index contributed by atoms with van der Waals surface area (Å²) in [6, 6.07) is 10.6. The van der Waals surface area contributed by atoms with E-state index in [0.29, 0.717) is 5.69 Å². The summed E-state index contributed by atoms with van der Waals surface area (Å²) in [5.41, 5.74) is 7.42. The molecule has 0 spiro atoms. The van der Waals surface area contributed by atoms with E-state index in [1.807, 2.05) is 56.5 Å². The lowest BCUT2D eigenvalue weighted by molar-refractivity contribution is -0.129. The summed E-state index contributed by atoms with van der Waals surface area (Å²) in [6.07, 6.45) is -0.453. The monoisotopic (exact) mass is 732 g/mol. The first-order valence-electron chi connectivity index (χ1n) is 16.2. The van der Waals surface area contributed by atoms with Crippen molar-refractivity contribution in [2.75, 3.05) is 25.4 Å². The number of nitrogen functional groups attached to an aromatic ring is 1. The molecule has 4 rings (SSSR count). The first kappa shape index (κ1) is 38.2. The Morgan fingerprint density at radius 2 is 1.82 bits per heavy atom. The molecule has 4 amide bonds. The molecule has 0 saturated carbocycles. The van der Waals surface area contributed by atoms with E-state index in [1.165, 1.54) is 38.7 Å². The van der Waals surface area contributed by atoms with Crippen LogP contribution >= 0.6 is 22.9 Å². The Bertz CT molecular complexity index is 1740. The topological polar surface area (TPSA) is 166 Å². The van der Waals surface area contributed by atoms with Gasteiger partial charge in [0.2, 0.25) is 15.9 Å². The molecular weight excluding hydrogens is 688 g/mol. The second-order valence-corrected chi connectivity index (χ2v) is 16.2. The maximum atomic E-state index is 14.1. The molecule has 0 radical (unpaired) electrons. The Balaban J connectivity index is 1.59. The van der Waals surface area contributed by atoms with Crippen molar-refractivity contribution in [1.29, 1.82) is 0 Å². The number of anilines is 1. The van der Waals surface area contributed by atoms with Crippen LogP contribution in [0.5, 0.6) is 0 Å². The number of aliphatic hydroxyl groups excluding tert-OH is 1. The van der Waals surface area contributed by atoms with E-state index >= 15 is 0 Å². The minimum atomic E-state index is -4.13. The molecule has 3 atom stereocenters. The molecule has 1 aliphatic heterocycles. The molecule has 1 saturated heterocycles. The molecule has 0 unspecified atom stereocenters. The van der Waals surface area contributed by atoms with E-state index in [0.717, 1.165) is 21.9 Å². The Morgan fingerprint density at radius 1 is 1.12 bits per heavy atom. The number of halogens is 1. The summed E-state index contributed by atoms with van der Waals surface area (Å²) in [4.78, 5) is 47.5. The van der Waals surface area contributed by atoms with Crippen LogP contribution in [0.15, 0.2) is 58.8 Å². The lowest BCUT2D eigenvalue weighted by Crippen LogP contribution is -2.57. The van der Waals surface area contributed by atoms with Gasteiger partial charge in [-0.25, -0.2) is 18.2 Å². The molecule has 12 nitrogen and oxygen atoms in total. The van der Waals surface area contributed by atoms with Crippen LogP contribution in [-0.4, -0.2) is 88.3 Å². The number of carbonyl (C=O) groups is 3. The Labute approximate surface area is 297 Å². The number of hydrogen-bond acceptors (Lipinski definition) is 9. The fraction of sp³-hybridized carbons (Fsp3) is 0.471. The highest BCUT2D eigenvalue weighted by Crippen LogP contribution is 2.26. The number of aliphatic hydroxyl groups is 1. The quantitative estimate of drug-likeness (QED) is 0.146. The minimum absolute atomic E-state index is 0.00583. The number of hydrogen-bond donors (Lipinski definition) is 3. The average molecular weight is 733 g/mol. The third-order valence-electron chi connectivity index (χ3n) is 8.20. The van der Waals surface area contributed by atoms with Gasteiger partial charge in [-0.1, -0.05) is 76.6 Å². The molecule has 4 N–H and O–H groups in total. The molecule has 266 valence electrons. The highest BCUT2D eigenvalue weighted by atomic mass is 35.5. The second kappa shape index (κ2) is 16.4. The molecule has 0 bridgehead atoms. The van der Waals surface area contributed by atoms with Gasteiger partial charge < -0.3 is 21.1 Å². The van der Waals surface area contributed by atoms with Crippen molar-refractivity contribution in [1.82, 2.24) is 24.4 Å². The van der Waals surface area contributed by atoms with E-state index in [-0.39, 0.29) is 54.1 Å². The summed E-state index contributed by atoms with van der Waals surface area (Å²) in [5.74, 6) is -1.50. The number of amides is 4. The molecule has 2 heterocycles. The zero-order valence-corrected chi connectivity index (χ0v) is 30.8. The van der Waals surface area contributed by atoms with Crippen molar-refractivity contribution in [2.45, 2.75) is 77.1 Å². The van der Waals surface area contributed by atoms with Gasteiger partial charge in [-0.15, -0.1) is 11.3 Å². The molecule has 15 heteroatoms. The van der Waals surface area contributed by atoms with Crippen molar-refractivity contribution in [3.05, 3.63) is 75.2 Å². The number of aryl methyl sites for hydroxylation is 1. The van der Waals surface area contributed by atoms with Gasteiger partial charge in [0.25, 0.3) is 5.91 Å². The smallest absolute Gasteiger partial charge is 0.328 e. The van der Waals surface area contributed by atoms with Crippen LogP contribution in [0.3, 0.4) is 0 Å². The van der Waals surface area contributed by atoms with Gasteiger partial charge in [0, 0.05) is 18.5 Å². The van der Waals surface area contributed by atoms with Crippen molar-refractivity contribution >= 4 is 56.5 Å². The van der Waals surface area contributed by atoms with Gasteiger partial charge in [-0.2, -0.15) is 4.31 Å². The number of urea groups is 1. The average Bonchev–Trinajstić information content (AvgIpc) is 3.61. The van der Waals surface area contributed by atoms with Crippen molar-refractivity contribution in [3.8, 4) is 0 Å². The van der Waals surface area contributed by atoms with E-state index in [2.05, 4.69) is 10.3 Å². The lowest BCUT2D eigenvalue weighted by Gasteiger charge is -2.34. The third kappa shape index (κ3) is 9.37. The number of aromatic nitrogens is 1. The van der Waals surface area contributed by atoms with E-state index in [9.17, 15) is 27.9 Å². The number of carbonyl (C=O) groups excluding carboxylic acids is 3. The number of imide groups is 1. The molecule has 1 aromatic heterocycles. The van der Waals surface area contributed by atoms with Gasteiger partial charge in [0.05, 0.1) is 45.0 Å². The Morgan fingerprint density at radius 3 is 2.41 bits per heavy atom. The van der Waals surface area contributed by atoms with Gasteiger partial charge in [-0.3, -0.25) is 14.5 Å². The molecule has 49 heavy (non-hydrogen) atoms. The molecule has 0 aliphatic carbocycles. The van der Waals surface area contributed by atoms with Crippen molar-refractivity contribution < 1.29 is 27.9 Å². The Hall–Kier alpha value is -3.56. The number of nitrogens with one attached hydrogen (secondary N) is 1. The number of nitrogens with zero attached hydrogens (tertiary/aromatic N) is 4. The van der Waals surface area contributed by atoms with Crippen molar-refractivity contribution in [3.63, 3.8) is 0 Å². The van der Waals surface area contributed by atoms with Gasteiger partial charge in [0.1, 0.15) is 12.6 Å². The summed E-state index contributed by atoms with van der Waals surface area (Å²) in [6.45, 7) is 8.71. The number of benzene rings is 2. The zero-order chi connectivity index (χ0) is 36.0. The zero-order valence-electron chi connectivity index (χ0n) is 28.4. The molecule has 3 aromatic rings. The van der Waals surface area contributed by atoms with Gasteiger partial charge >= 0.3 is 6.03 Å². The van der Waals surface area contributed by atoms with Crippen LogP contribution in [-0.2, 0) is 39.0 Å². The highest BCUT2D eigenvalue weighted by Gasteiger charge is 2.44. The maximum Gasteiger partial charge on any atom is 0.328 e. The van der Waals surface area contributed by atoms with E-state index < -0.39 is 52.0 Å². The van der Waals surface area contributed by atoms with Crippen molar-refractivity contribution in [2.24, 2.45) is 11.8 Å². The summed E-state index contributed by atoms with van der Waals surface area (Å²) >= 11 is 7.50. The normalized spacial score (nSPS) is 15.8. The summed E-state index contributed by atoms with van der Waals surface area (Å²) in [5, 5.41) is 17.5. The third-order valence-corrected chi connectivity index (χ3v) is 11.4. The molecular formula is C34H45ClN6O6S2. The predicted octanol–water partition coefficient (Wildman–Crippen LogP) is 4.17. The standard InChI is InChI=1S/C34H45ClN6O6S2/c1-6-30-37-24(20-48-30)17-40-31(43)19-41(34(40)45)32(22(4)5)33(44)38-28(14-23-10-8-7-9-11-23)29(42)18-39(16-21(2)3)49(46,47)25-12-13-26(35)27(36)15-25/h7-13,15,20-22,28-29,32,42H,6,14,16-19,36H2,1-5H3,(H,38,44)/t28-,29+,32-/m0/s1. The molecule has 1 aliphatic rings. The molecule has 2 aromatic carbocycles. The van der Waals surface area contributed by atoms with Crippen LogP contribution in [0.1, 0.15) is 50.9 Å². The Kier molecular flexibility index (Phi) is 12.8.